The van der Waals surface area contributed by atoms with Crippen LogP contribution in [0, 0.1) is 6.92 Å². The largest absolute Gasteiger partial charge is 0.398 e. The maximum atomic E-state index is 6.00. The number of hydrogen-bond donors (Lipinski definition) is 1. The van der Waals surface area contributed by atoms with Gasteiger partial charge >= 0.3 is 0 Å². The van der Waals surface area contributed by atoms with Crippen LogP contribution in [0.25, 0.3) is 17.1 Å². The van der Waals surface area contributed by atoms with Crippen molar-refractivity contribution >= 4 is 17.0 Å². The summed E-state index contributed by atoms with van der Waals surface area (Å²) in [5.74, 6) is 0.662. The Kier molecular flexibility index (Phi) is 2.56. The number of nitrogens with two attached hydrogens (primary N) is 1. The average molecular weight is 257 g/mol. The number of aryl methyl sites for hydroxylation is 1. The first-order chi connectivity index (χ1) is 8.75. The third-order valence-corrected chi connectivity index (χ3v) is 3.34. The molecule has 90 valence electrons. The van der Waals surface area contributed by atoms with Crippen LogP contribution in [0.3, 0.4) is 0 Å². The maximum absolute atomic E-state index is 6.00. The SMILES string of the molecule is Cc1ccc(N)c(-c2nnnn2-c2ccsc2)c1. The lowest BCUT2D eigenvalue weighted by atomic mass is 10.1. The van der Waals surface area contributed by atoms with E-state index in [2.05, 4.69) is 15.5 Å². The van der Waals surface area contributed by atoms with Gasteiger partial charge in [-0.25, -0.2) is 0 Å². The van der Waals surface area contributed by atoms with Crippen LogP contribution in [0.1, 0.15) is 5.56 Å². The van der Waals surface area contributed by atoms with Crippen molar-refractivity contribution in [3.63, 3.8) is 0 Å². The summed E-state index contributed by atoms with van der Waals surface area (Å²) in [7, 11) is 0. The van der Waals surface area contributed by atoms with Crippen molar-refractivity contribution < 1.29 is 0 Å². The maximum Gasteiger partial charge on any atom is 0.189 e. The fourth-order valence-corrected chi connectivity index (χ4v) is 2.38. The van der Waals surface area contributed by atoms with Gasteiger partial charge in [0.1, 0.15) is 0 Å². The van der Waals surface area contributed by atoms with Gasteiger partial charge < -0.3 is 5.73 Å². The molecule has 0 aliphatic carbocycles. The van der Waals surface area contributed by atoms with Gasteiger partial charge in [-0.15, -0.1) is 5.10 Å². The van der Waals surface area contributed by atoms with E-state index in [1.807, 2.05) is 41.9 Å². The normalized spacial score (nSPS) is 10.7. The third-order valence-electron chi connectivity index (χ3n) is 2.67. The van der Waals surface area contributed by atoms with E-state index in [1.165, 1.54) is 0 Å². The Bertz CT molecular complexity index is 672. The lowest BCUT2D eigenvalue weighted by Gasteiger charge is -2.06. The third kappa shape index (κ3) is 1.76. The van der Waals surface area contributed by atoms with Crippen molar-refractivity contribution in [3.05, 3.63) is 40.6 Å². The van der Waals surface area contributed by atoms with E-state index >= 15 is 0 Å². The zero-order valence-electron chi connectivity index (χ0n) is 9.74. The summed E-state index contributed by atoms with van der Waals surface area (Å²) in [5.41, 5.74) is 9.59. The molecule has 0 spiro atoms. The van der Waals surface area contributed by atoms with Gasteiger partial charge in [0.05, 0.1) is 5.69 Å². The average Bonchev–Trinajstić information content (AvgIpc) is 3.00. The van der Waals surface area contributed by atoms with Crippen LogP contribution in [0.4, 0.5) is 5.69 Å². The van der Waals surface area contributed by atoms with Gasteiger partial charge in [-0.1, -0.05) is 11.6 Å². The molecule has 0 saturated carbocycles. The zero-order valence-corrected chi connectivity index (χ0v) is 10.6. The van der Waals surface area contributed by atoms with E-state index < -0.39 is 0 Å². The zero-order chi connectivity index (χ0) is 12.5. The Labute approximate surface area is 108 Å². The molecule has 1 aromatic carbocycles. The number of nitrogens with zero attached hydrogens (tertiary/aromatic N) is 4. The minimum absolute atomic E-state index is 0.662. The summed E-state index contributed by atoms with van der Waals surface area (Å²) in [5, 5.41) is 15.8. The number of hydrogen-bond acceptors (Lipinski definition) is 5. The monoisotopic (exact) mass is 257 g/mol. The molecule has 3 rings (SSSR count). The Morgan fingerprint density at radius 3 is 2.94 bits per heavy atom. The summed E-state index contributed by atoms with van der Waals surface area (Å²) in [4.78, 5) is 0. The van der Waals surface area contributed by atoms with Crippen LogP contribution >= 0.6 is 11.3 Å². The van der Waals surface area contributed by atoms with Gasteiger partial charge in [-0.05, 0) is 40.9 Å². The van der Waals surface area contributed by atoms with Crippen LogP contribution in [0.5, 0.6) is 0 Å². The summed E-state index contributed by atoms with van der Waals surface area (Å²) in [6.07, 6.45) is 0. The molecule has 0 fully saturated rings. The summed E-state index contributed by atoms with van der Waals surface area (Å²) < 4.78 is 1.70. The Balaban J connectivity index is 2.19. The highest BCUT2D eigenvalue weighted by Crippen LogP contribution is 2.26. The quantitative estimate of drug-likeness (QED) is 0.715. The number of nitrogen functional groups attached to an aromatic ring is 1. The van der Waals surface area contributed by atoms with Crippen LogP contribution in [-0.4, -0.2) is 20.2 Å². The molecule has 0 radical (unpaired) electrons. The van der Waals surface area contributed by atoms with Crippen LogP contribution in [0.2, 0.25) is 0 Å². The smallest absolute Gasteiger partial charge is 0.189 e. The van der Waals surface area contributed by atoms with E-state index in [0.29, 0.717) is 11.5 Å². The van der Waals surface area contributed by atoms with E-state index in [4.69, 9.17) is 5.73 Å². The summed E-state index contributed by atoms with van der Waals surface area (Å²) >= 11 is 1.60. The molecule has 5 nitrogen and oxygen atoms in total. The lowest BCUT2D eigenvalue weighted by molar-refractivity contribution is 0.793. The molecule has 6 heteroatoms. The number of benzene rings is 1. The van der Waals surface area contributed by atoms with Crippen molar-refractivity contribution in [1.29, 1.82) is 0 Å². The molecule has 18 heavy (non-hydrogen) atoms. The summed E-state index contributed by atoms with van der Waals surface area (Å²) in [6, 6.07) is 7.80. The first-order valence-electron chi connectivity index (χ1n) is 5.43. The van der Waals surface area contributed by atoms with Crippen molar-refractivity contribution in [2.24, 2.45) is 0 Å². The Morgan fingerprint density at radius 2 is 2.17 bits per heavy atom. The van der Waals surface area contributed by atoms with E-state index in [0.717, 1.165) is 16.8 Å². The molecular formula is C12H11N5S. The standard InChI is InChI=1S/C12H11N5S/c1-8-2-3-11(13)10(6-8)12-14-15-16-17(12)9-4-5-18-7-9/h2-7H,13H2,1H3. The van der Waals surface area contributed by atoms with Crippen molar-refractivity contribution in [2.75, 3.05) is 5.73 Å². The minimum Gasteiger partial charge on any atom is -0.398 e. The number of anilines is 1. The van der Waals surface area contributed by atoms with Crippen LogP contribution in [0.15, 0.2) is 35.0 Å². The second-order valence-corrected chi connectivity index (χ2v) is 4.77. The first-order valence-corrected chi connectivity index (χ1v) is 6.37. The molecule has 0 amide bonds. The van der Waals surface area contributed by atoms with E-state index in [1.54, 1.807) is 16.0 Å². The molecule has 0 aliphatic heterocycles. The molecule has 3 aromatic rings. The molecular weight excluding hydrogens is 246 g/mol. The first kappa shape index (κ1) is 10.9. The van der Waals surface area contributed by atoms with Crippen LogP contribution < -0.4 is 5.73 Å². The molecule has 0 aliphatic rings. The molecule has 2 N–H and O–H groups in total. The number of thiophene rings is 1. The molecule has 2 heterocycles. The Morgan fingerprint density at radius 1 is 1.28 bits per heavy atom. The van der Waals surface area contributed by atoms with Gasteiger partial charge in [0.2, 0.25) is 0 Å². The molecule has 0 unspecified atom stereocenters. The molecule has 0 bridgehead atoms. The van der Waals surface area contributed by atoms with Gasteiger partial charge in [0.15, 0.2) is 5.82 Å². The predicted octanol–water partition coefficient (Wildman–Crippen LogP) is 2.28. The fraction of sp³-hybridized carbons (Fsp3) is 0.0833. The fourth-order valence-electron chi connectivity index (χ4n) is 1.77. The molecule has 0 saturated heterocycles. The van der Waals surface area contributed by atoms with E-state index in [-0.39, 0.29) is 0 Å². The minimum atomic E-state index is 0.662. The van der Waals surface area contributed by atoms with Crippen molar-refractivity contribution in [1.82, 2.24) is 20.2 Å². The number of tetrazole rings is 1. The highest BCUT2D eigenvalue weighted by atomic mass is 32.1. The topological polar surface area (TPSA) is 69.6 Å². The second-order valence-electron chi connectivity index (χ2n) is 3.99. The van der Waals surface area contributed by atoms with Gasteiger partial charge in [0.25, 0.3) is 0 Å². The van der Waals surface area contributed by atoms with Crippen LogP contribution in [-0.2, 0) is 0 Å². The highest BCUT2D eigenvalue weighted by molar-refractivity contribution is 7.08. The summed E-state index contributed by atoms with van der Waals surface area (Å²) in [6.45, 7) is 2.02. The lowest BCUT2D eigenvalue weighted by Crippen LogP contribution is -2.00. The van der Waals surface area contributed by atoms with Crippen molar-refractivity contribution in [2.45, 2.75) is 6.92 Å². The number of aromatic nitrogens is 4. The molecule has 2 aromatic heterocycles. The van der Waals surface area contributed by atoms with Crippen molar-refractivity contribution in [3.8, 4) is 17.1 Å². The predicted molar refractivity (Wildman–Crippen MR) is 71.6 cm³/mol. The van der Waals surface area contributed by atoms with Gasteiger partial charge in [-0.2, -0.15) is 16.0 Å². The van der Waals surface area contributed by atoms with Gasteiger partial charge in [0, 0.05) is 16.6 Å². The highest BCUT2D eigenvalue weighted by Gasteiger charge is 2.13. The molecule has 0 atom stereocenters. The number of rotatable bonds is 2. The second kappa shape index (κ2) is 4.23. The Hall–Kier alpha value is -2.21. The van der Waals surface area contributed by atoms with E-state index in [9.17, 15) is 0 Å². The van der Waals surface area contributed by atoms with Gasteiger partial charge in [-0.3, -0.25) is 0 Å².